The molecule has 0 radical (unpaired) electrons. The maximum absolute atomic E-state index is 6.01. The van der Waals surface area contributed by atoms with Crippen molar-refractivity contribution in [2.24, 2.45) is 0 Å². The van der Waals surface area contributed by atoms with Crippen molar-refractivity contribution >= 4 is 0 Å². The molecule has 1 aromatic carbocycles. The van der Waals surface area contributed by atoms with Gasteiger partial charge in [-0.15, -0.1) is 0 Å². The zero-order valence-corrected chi connectivity index (χ0v) is 12.1. The third kappa shape index (κ3) is 3.91. The van der Waals surface area contributed by atoms with E-state index < -0.39 is 0 Å². The fourth-order valence-corrected chi connectivity index (χ4v) is 2.06. The molecule has 0 saturated heterocycles. The lowest BCUT2D eigenvalue weighted by Crippen LogP contribution is -2.40. The van der Waals surface area contributed by atoms with Gasteiger partial charge in [0.15, 0.2) is 11.5 Å². The van der Waals surface area contributed by atoms with Gasteiger partial charge in [0.25, 0.3) is 0 Å². The summed E-state index contributed by atoms with van der Waals surface area (Å²) in [4.78, 5) is 0. The number of hydrogen-bond acceptors (Lipinski definition) is 3. The van der Waals surface area contributed by atoms with Crippen LogP contribution in [0.4, 0.5) is 0 Å². The molecular weight excluding hydrogens is 226 g/mol. The van der Waals surface area contributed by atoms with Crippen LogP contribution in [-0.2, 0) is 0 Å². The Morgan fingerprint density at radius 1 is 1.22 bits per heavy atom. The van der Waals surface area contributed by atoms with Crippen LogP contribution >= 0.6 is 0 Å². The average molecular weight is 251 g/mol. The number of hydrogen-bond donors (Lipinski definition) is 1. The average Bonchev–Trinajstić information content (AvgIpc) is 2.37. The largest absolute Gasteiger partial charge is 0.493 e. The molecule has 1 rings (SSSR count). The summed E-state index contributed by atoms with van der Waals surface area (Å²) in [5.41, 5.74) is 1.17. The topological polar surface area (TPSA) is 30.5 Å². The number of rotatable bonds is 7. The molecule has 0 aliphatic rings. The van der Waals surface area contributed by atoms with Crippen LogP contribution in [0.5, 0.6) is 11.5 Å². The minimum absolute atomic E-state index is 0.117. The molecule has 3 heteroatoms. The molecule has 2 unspecified atom stereocenters. The fraction of sp³-hybridized carbons (Fsp3) is 0.600. The Kier molecular flexibility index (Phi) is 5.99. The summed E-state index contributed by atoms with van der Waals surface area (Å²) in [5, 5.41) is 3.44. The molecule has 0 aliphatic heterocycles. The summed E-state index contributed by atoms with van der Waals surface area (Å²) >= 11 is 0. The zero-order valence-electron chi connectivity index (χ0n) is 12.1. The zero-order chi connectivity index (χ0) is 13.5. The van der Waals surface area contributed by atoms with Crippen LogP contribution in [0.15, 0.2) is 18.2 Å². The molecule has 2 atom stereocenters. The van der Waals surface area contributed by atoms with Gasteiger partial charge in [0.2, 0.25) is 0 Å². The third-order valence-electron chi connectivity index (χ3n) is 3.10. The van der Waals surface area contributed by atoms with Gasteiger partial charge in [-0.25, -0.2) is 0 Å². The van der Waals surface area contributed by atoms with Crippen molar-refractivity contribution in [2.45, 2.75) is 46.3 Å². The minimum Gasteiger partial charge on any atom is -0.493 e. The SMILES string of the molecule is CCNC(CC)C(C)Oc1ccc(C)cc1OC. The van der Waals surface area contributed by atoms with Gasteiger partial charge in [0, 0.05) is 6.04 Å². The number of benzene rings is 1. The number of methoxy groups -OCH3 is 1. The normalized spacial score (nSPS) is 14.1. The molecule has 1 aromatic rings. The van der Waals surface area contributed by atoms with E-state index in [1.54, 1.807) is 7.11 Å². The van der Waals surface area contributed by atoms with E-state index in [9.17, 15) is 0 Å². The fourth-order valence-electron chi connectivity index (χ4n) is 2.06. The van der Waals surface area contributed by atoms with Crippen molar-refractivity contribution in [3.05, 3.63) is 23.8 Å². The number of likely N-dealkylation sites (N-methyl/N-ethyl adjacent to an activating group) is 1. The van der Waals surface area contributed by atoms with Gasteiger partial charge in [-0.2, -0.15) is 0 Å². The van der Waals surface area contributed by atoms with Crippen LogP contribution in [0, 0.1) is 6.92 Å². The van der Waals surface area contributed by atoms with E-state index in [-0.39, 0.29) is 6.10 Å². The molecule has 3 nitrogen and oxygen atoms in total. The van der Waals surface area contributed by atoms with E-state index in [1.807, 2.05) is 25.1 Å². The molecule has 102 valence electrons. The van der Waals surface area contributed by atoms with E-state index in [2.05, 4.69) is 26.1 Å². The Balaban J connectivity index is 2.76. The van der Waals surface area contributed by atoms with Gasteiger partial charge in [0.05, 0.1) is 7.11 Å². The van der Waals surface area contributed by atoms with Crippen molar-refractivity contribution in [3.8, 4) is 11.5 Å². The monoisotopic (exact) mass is 251 g/mol. The number of aryl methyl sites for hydroxylation is 1. The van der Waals surface area contributed by atoms with Crippen molar-refractivity contribution in [2.75, 3.05) is 13.7 Å². The molecule has 18 heavy (non-hydrogen) atoms. The first-order chi connectivity index (χ1) is 8.62. The molecule has 0 heterocycles. The second kappa shape index (κ2) is 7.27. The maximum atomic E-state index is 6.01. The highest BCUT2D eigenvalue weighted by molar-refractivity contribution is 5.42. The van der Waals surface area contributed by atoms with E-state index in [0.717, 1.165) is 24.5 Å². The number of nitrogens with one attached hydrogen (secondary N) is 1. The molecule has 0 fully saturated rings. The van der Waals surface area contributed by atoms with Crippen LogP contribution in [-0.4, -0.2) is 25.8 Å². The third-order valence-corrected chi connectivity index (χ3v) is 3.10. The lowest BCUT2D eigenvalue weighted by Gasteiger charge is -2.25. The van der Waals surface area contributed by atoms with Crippen LogP contribution in [0.25, 0.3) is 0 Å². The minimum atomic E-state index is 0.117. The summed E-state index contributed by atoms with van der Waals surface area (Å²) in [6.07, 6.45) is 1.16. The van der Waals surface area contributed by atoms with Gasteiger partial charge in [-0.05, 0) is 44.5 Å². The second-order valence-electron chi connectivity index (χ2n) is 4.55. The van der Waals surface area contributed by atoms with E-state index in [0.29, 0.717) is 6.04 Å². The molecule has 0 aromatic heterocycles. The first kappa shape index (κ1) is 14.8. The molecule has 0 amide bonds. The summed E-state index contributed by atoms with van der Waals surface area (Å²) in [6.45, 7) is 9.37. The smallest absolute Gasteiger partial charge is 0.161 e. The summed E-state index contributed by atoms with van der Waals surface area (Å²) in [6, 6.07) is 6.37. The Labute approximate surface area is 110 Å². The summed E-state index contributed by atoms with van der Waals surface area (Å²) < 4.78 is 11.4. The van der Waals surface area contributed by atoms with Gasteiger partial charge < -0.3 is 14.8 Å². The Morgan fingerprint density at radius 3 is 2.50 bits per heavy atom. The molecule has 0 aliphatic carbocycles. The van der Waals surface area contributed by atoms with E-state index in [4.69, 9.17) is 9.47 Å². The maximum Gasteiger partial charge on any atom is 0.161 e. The quantitative estimate of drug-likeness (QED) is 0.807. The van der Waals surface area contributed by atoms with Gasteiger partial charge in [-0.1, -0.05) is 19.9 Å². The van der Waals surface area contributed by atoms with Gasteiger partial charge in [0.1, 0.15) is 6.10 Å². The van der Waals surface area contributed by atoms with Crippen molar-refractivity contribution in [3.63, 3.8) is 0 Å². The highest BCUT2D eigenvalue weighted by Crippen LogP contribution is 2.29. The van der Waals surface area contributed by atoms with E-state index >= 15 is 0 Å². The summed E-state index contributed by atoms with van der Waals surface area (Å²) in [5.74, 6) is 1.61. The first-order valence-corrected chi connectivity index (χ1v) is 6.67. The predicted octanol–water partition coefficient (Wildman–Crippen LogP) is 3.16. The predicted molar refractivity (Wildman–Crippen MR) is 75.6 cm³/mol. The summed E-state index contributed by atoms with van der Waals surface area (Å²) in [7, 11) is 1.67. The molecule has 0 saturated carbocycles. The Hall–Kier alpha value is -1.22. The highest BCUT2D eigenvalue weighted by Gasteiger charge is 2.17. The Bertz CT molecular complexity index is 366. The highest BCUT2D eigenvalue weighted by atomic mass is 16.5. The van der Waals surface area contributed by atoms with Gasteiger partial charge in [-0.3, -0.25) is 0 Å². The number of ether oxygens (including phenoxy) is 2. The van der Waals surface area contributed by atoms with Crippen molar-refractivity contribution in [1.82, 2.24) is 5.32 Å². The van der Waals surface area contributed by atoms with Gasteiger partial charge >= 0.3 is 0 Å². The molecule has 0 spiro atoms. The van der Waals surface area contributed by atoms with Crippen molar-refractivity contribution < 1.29 is 9.47 Å². The molecule has 1 N–H and O–H groups in total. The van der Waals surface area contributed by atoms with Crippen molar-refractivity contribution in [1.29, 1.82) is 0 Å². The van der Waals surface area contributed by atoms with E-state index in [1.165, 1.54) is 5.56 Å². The van der Waals surface area contributed by atoms with Crippen LogP contribution in [0.2, 0.25) is 0 Å². The molecular formula is C15H25NO2. The van der Waals surface area contributed by atoms with Crippen LogP contribution in [0.1, 0.15) is 32.8 Å². The van der Waals surface area contributed by atoms with Crippen LogP contribution < -0.4 is 14.8 Å². The molecule has 0 bridgehead atoms. The standard InChI is InChI=1S/C15H25NO2/c1-6-13(16-7-2)12(4)18-14-9-8-11(3)10-15(14)17-5/h8-10,12-13,16H,6-7H2,1-5H3. The lowest BCUT2D eigenvalue weighted by atomic mass is 10.1. The first-order valence-electron chi connectivity index (χ1n) is 6.67. The Morgan fingerprint density at radius 2 is 1.94 bits per heavy atom. The lowest BCUT2D eigenvalue weighted by molar-refractivity contribution is 0.162. The van der Waals surface area contributed by atoms with Crippen LogP contribution in [0.3, 0.4) is 0 Å². The second-order valence-corrected chi connectivity index (χ2v) is 4.55.